The molecule has 0 saturated heterocycles. The van der Waals surface area contributed by atoms with E-state index in [0.29, 0.717) is 22.5 Å². The molecule has 1 unspecified atom stereocenters. The van der Waals surface area contributed by atoms with E-state index in [4.69, 9.17) is 16.7 Å². The maximum absolute atomic E-state index is 13.5. The van der Waals surface area contributed by atoms with Crippen LogP contribution in [0.4, 0.5) is 4.39 Å². The van der Waals surface area contributed by atoms with Gasteiger partial charge in [0.2, 0.25) is 0 Å². The van der Waals surface area contributed by atoms with Gasteiger partial charge in [0.05, 0.1) is 21.8 Å². The Bertz CT molecular complexity index is 678. The number of carboxylic acids is 1. The van der Waals surface area contributed by atoms with Crippen LogP contribution in [0.5, 0.6) is 0 Å². The Balaban J connectivity index is 2.48. The molecule has 0 saturated carbocycles. The van der Waals surface area contributed by atoms with Gasteiger partial charge in [0, 0.05) is 17.9 Å². The summed E-state index contributed by atoms with van der Waals surface area (Å²) in [6, 6.07) is 2.82. The van der Waals surface area contributed by atoms with E-state index in [9.17, 15) is 9.18 Å². The highest BCUT2D eigenvalue weighted by atomic mass is 35.5. The van der Waals surface area contributed by atoms with Crippen molar-refractivity contribution >= 4 is 52.1 Å². The molecular weight excluding hydrogens is 335 g/mol. The highest BCUT2D eigenvalue weighted by Crippen LogP contribution is 2.29. The molecule has 1 aromatic heterocycles. The zero-order valence-corrected chi connectivity index (χ0v) is 13.9. The van der Waals surface area contributed by atoms with Crippen molar-refractivity contribution in [3.05, 3.63) is 23.0 Å². The zero-order chi connectivity index (χ0) is 15.6. The lowest BCUT2D eigenvalue weighted by atomic mass is 10.3. The largest absolute Gasteiger partial charge is 0.481 e. The smallest absolute Gasteiger partial charge is 0.313 e. The third-order valence-electron chi connectivity index (χ3n) is 2.92. The first-order valence-electron chi connectivity index (χ1n) is 6.15. The molecule has 4 nitrogen and oxygen atoms in total. The van der Waals surface area contributed by atoms with Crippen molar-refractivity contribution in [2.24, 2.45) is 0 Å². The minimum atomic E-state index is -0.916. The molecule has 0 aliphatic rings. The first-order valence-corrected chi connectivity index (χ1v) is 8.80. The van der Waals surface area contributed by atoms with Gasteiger partial charge < -0.3 is 9.67 Å². The zero-order valence-electron chi connectivity index (χ0n) is 11.5. The monoisotopic (exact) mass is 348 g/mol. The number of carbonyl (C=O) groups is 1. The predicted octanol–water partition coefficient (Wildman–Crippen LogP) is 3.76. The molecule has 2 rings (SSSR count). The fourth-order valence-corrected chi connectivity index (χ4v) is 3.04. The van der Waals surface area contributed by atoms with Gasteiger partial charge in [0.1, 0.15) is 5.82 Å². The van der Waals surface area contributed by atoms with E-state index < -0.39 is 11.8 Å². The summed E-state index contributed by atoms with van der Waals surface area (Å²) >= 11 is 8.66. The molecule has 0 radical (unpaired) electrons. The third-order valence-corrected chi connectivity index (χ3v) is 5.13. The van der Waals surface area contributed by atoms with E-state index >= 15 is 0 Å². The summed E-state index contributed by atoms with van der Waals surface area (Å²) in [6.45, 7) is 2.72. The number of aromatic nitrogens is 2. The molecule has 1 heterocycles. The highest BCUT2D eigenvalue weighted by molar-refractivity contribution is 7.99. The van der Waals surface area contributed by atoms with E-state index in [1.54, 1.807) is 11.8 Å². The quantitative estimate of drug-likeness (QED) is 0.805. The second-order valence-corrected chi connectivity index (χ2v) is 7.11. The van der Waals surface area contributed by atoms with Crippen molar-refractivity contribution in [1.29, 1.82) is 0 Å². The molecule has 0 bridgehead atoms. The number of fused-ring (bicyclic) bond motifs is 1. The van der Waals surface area contributed by atoms with Crippen molar-refractivity contribution in [1.82, 2.24) is 9.55 Å². The molecule has 0 fully saturated rings. The lowest BCUT2D eigenvalue weighted by Gasteiger charge is -2.13. The maximum Gasteiger partial charge on any atom is 0.313 e. The lowest BCUT2D eigenvalue weighted by Crippen LogP contribution is -2.11. The maximum atomic E-state index is 13.5. The van der Waals surface area contributed by atoms with Crippen LogP contribution >= 0.6 is 35.1 Å². The number of carboxylic acid groups (broad SMARTS) is 1. The molecule has 21 heavy (non-hydrogen) atoms. The van der Waals surface area contributed by atoms with Gasteiger partial charge in [-0.1, -0.05) is 30.3 Å². The molecule has 0 spiro atoms. The molecule has 1 aromatic carbocycles. The summed E-state index contributed by atoms with van der Waals surface area (Å²) in [5, 5.41) is 9.73. The molecule has 1 N–H and O–H groups in total. The number of imidazole rings is 1. The number of nitrogens with zero attached hydrogens (tertiary/aromatic N) is 2. The van der Waals surface area contributed by atoms with Gasteiger partial charge in [-0.2, -0.15) is 11.8 Å². The first kappa shape index (κ1) is 16.5. The second-order valence-electron chi connectivity index (χ2n) is 4.49. The molecule has 0 amide bonds. The van der Waals surface area contributed by atoms with Gasteiger partial charge in [-0.3, -0.25) is 4.79 Å². The summed E-state index contributed by atoms with van der Waals surface area (Å²) < 4.78 is 15.4. The minimum absolute atomic E-state index is 0.0373. The third kappa shape index (κ3) is 3.84. The second kappa shape index (κ2) is 6.89. The van der Waals surface area contributed by atoms with Crippen LogP contribution in [0, 0.1) is 5.82 Å². The van der Waals surface area contributed by atoms with Gasteiger partial charge in [-0.05, 0) is 12.3 Å². The first-order chi connectivity index (χ1) is 9.92. The highest BCUT2D eigenvalue weighted by Gasteiger charge is 2.16. The number of hydrogen-bond acceptors (Lipinski definition) is 4. The van der Waals surface area contributed by atoms with Crippen molar-refractivity contribution < 1.29 is 14.3 Å². The lowest BCUT2D eigenvalue weighted by molar-refractivity contribution is -0.133. The topological polar surface area (TPSA) is 55.1 Å². The molecule has 114 valence electrons. The SMILES string of the molecule is CSC(C)Cn1c(SCC(=O)O)nc2cc(F)c(Cl)cc21. The minimum Gasteiger partial charge on any atom is -0.481 e. The van der Waals surface area contributed by atoms with Gasteiger partial charge >= 0.3 is 5.97 Å². The van der Waals surface area contributed by atoms with Crippen LogP contribution in [0.2, 0.25) is 5.02 Å². The van der Waals surface area contributed by atoms with E-state index in [1.807, 2.05) is 10.8 Å². The van der Waals surface area contributed by atoms with Crippen LogP contribution in [0.3, 0.4) is 0 Å². The molecule has 0 aliphatic heterocycles. The van der Waals surface area contributed by atoms with Crippen LogP contribution in [-0.4, -0.2) is 37.9 Å². The van der Waals surface area contributed by atoms with E-state index in [-0.39, 0.29) is 10.8 Å². The van der Waals surface area contributed by atoms with Crippen molar-refractivity contribution in [2.75, 3.05) is 12.0 Å². The fourth-order valence-electron chi connectivity index (χ4n) is 1.84. The number of thioether (sulfide) groups is 2. The molecule has 8 heteroatoms. The number of halogens is 2. The average Bonchev–Trinajstić information content (AvgIpc) is 2.74. The van der Waals surface area contributed by atoms with Crippen LogP contribution < -0.4 is 0 Å². The Hall–Kier alpha value is -0.920. The molecular formula is C13H14ClFN2O2S2. The van der Waals surface area contributed by atoms with Crippen molar-refractivity contribution in [2.45, 2.75) is 23.9 Å². The number of hydrogen-bond donors (Lipinski definition) is 1. The predicted molar refractivity (Wildman–Crippen MR) is 86.0 cm³/mol. The Kier molecular flexibility index (Phi) is 5.40. The summed E-state index contributed by atoms with van der Waals surface area (Å²) in [5.41, 5.74) is 1.20. The molecule has 2 aromatic rings. The molecule has 1 atom stereocenters. The average molecular weight is 349 g/mol. The normalized spacial score (nSPS) is 12.8. The summed E-state index contributed by atoms with van der Waals surface area (Å²) in [7, 11) is 0. The number of aliphatic carboxylic acids is 1. The Labute approximate surface area is 135 Å². The Morgan fingerprint density at radius 3 is 2.90 bits per heavy atom. The van der Waals surface area contributed by atoms with Crippen LogP contribution in [0.15, 0.2) is 17.3 Å². The van der Waals surface area contributed by atoms with Crippen LogP contribution in [0.1, 0.15) is 6.92 Å². The van der Waals surface area contributed by atoms with Crippen LogP contribution in [0.25, 0.3) is 11.0 Å². The van der Waals surface area contributed by atoms with Gasteiger partial charge in [0.15, 0.2) is 5.16 Å². The van der Waals surface area contributed by atoms with Crippen molar-refractivity contribution in [3.63, 3.8) is 0 Å². The standard InChI is InChI=1S/C13H14ClFN2O2S2/c1-7(20-2)5-17-11-3-8(14)9(15)4-10(11)16-13(17)21-6-12(18)19/h3-4,7H,5-6H2,1-2H3,(H,18,19). The van der Waals surface area contributed by atoms with Crippen molar-refractivity contribution in [3.8, 4) is 0 Å². The summed E-state index contributed by atoms with van der Waals surface area (Å²) in [6.07, 6.45) is 2.00. The Morgan fingerprint density at radius 1 is 1.57 bits per heavy atom. The van der Waals surface area contributed by atoms with Gasteiger partial charge in [-0.25, -0.2) is 9.37 Å². The van der Waals surface area contributed by atoms with E-state index in [0.717, 1.165) is 17.3 Å². The summed E-state index contributed by atoms with van der Waals surface area (Å²) in [4.78, 5) is 15.1. The van der Waals surface area contributed by atoms with E-state index in [1.165, 1.54) is 12.1 Å². The van der Waals surface area contributed by atoms with E-state index in [2.05, 4.69) is 11.9 Å². The summed E-state index contributed by atoms with van der Waals surface area (Å²) in [5.74, 6) is -1.53. The molecule has 0 aliphatic carbocycles. The van der Waals surface area contributed by atoms with Gasteiger partial charge in [-0.15, -0.1) is 0 Å². The van der Waals surface area contributed by atoms with Crippen LogP contribution in [-0.2, 0) is 11.3 Å². The van der Waals surface area contributed by atoms with Gasteiger partial charge in [0.25, 0.3) is 0 Å². The number of rotatable bonds is 6. The fraction of sp³-hybridized carbons (Fsp3) is 0.385. The number of benzene rings is 1. The Morgan fingerprint density at radius 2 is 2.29 bits per heavy atom.